The molecular weight excluding hydrogens is 288 g/mol. The van der Waals surface area contributed by atoms with Gasteiger partial charge in [-0.25, -0.2) is 0 Å². The standard InChI is InChI=1S/C24H20/c1-3-7-17-11-12-20-15-21-13-18-9-5-6-10-19(18)14-22(21)16-24(20)23(17)8-4-2/h3-6,9-16H,1-2,7-8H2. The van der Waals surface area contributed by atoms with E-state index in [1.165, 1.54) is 43.4 Å². The number of rotatable bonds is 4. The van der Waals surface area contributed by atoms with Crippen LogP contribution in [0.15, 0.2) is 86.0 Å². The minimum absolute atomic E-state index is 0.888. The second-order valence-corrected chi connectivity index (χ2v) is 6.31. The molecule has 0 spiro atoms. The van der Waals surface area contributed by atoms with Crippen LogP contribution in [0.5, 0.6) is 0 Å². The van der Waals surface area contributed by atoms with E-state index in [1.54, 1.807) is 0 Å². The molecule has 4 aromatic rings. The Morgan fingerprint density at radius 3 is 1.92 bits per heavy atom. The molecule has 0 radical (unpaired) electrons. The van der Waals surface area contributed by atoms with Gasteiger partial charge in [0.25, 0.3) is 0 Å². The van der Waals surface area contributed by atoms with Gasteiger partial charge < -0.3 is 0 Å². The van der Waals surface area contributed by atoms with E-state index in [4.69, 9.17) is 0 Å². The summed E-state index contributed by atoms with van der Waals surface area (Å²) in [5.74, 6) is 0. The minimum Gasteiger partial charge on any atom is -0.103 e. The molecule has 0 aliphatic rings. The van der Waals surface area contributed by atoms with E-state index in [9.17, 15) is 0 Å². The van der Waals surface area contributed by atoms with Crippen molar-refractivity contribution in [3.8, 4) is 0 Å². The van der Waals surface area contributed by atoms with E-state index in [2.05, 4.69) is 73.8 Å². The number of benzene rings is 4. The number of hydrogen-bond acceptors (Lipinski definition) is 0. The van der Waals surface area contributed by atoms with Gasteiger partial charge in [0.2, 0.25) is 0 Å². The molecule has 0 amide bonds. The smallest absolute Gasteiger partial charge is 0.00911 e. The average Bonchev–Trinajstić information content (AvgIpc) is 2.60. The van der Waals surface area contributed by atoms with Gasteiger partial charge in [0.15, 0.2) is 0 Å². The van der Waals surface area contributed by atoms with Crippen molar-refractivity contribution in [2.45, 2.75) is 12.8 Å². The molecule has 0 aliphatic carbocycles. The number of hydrogen-bond donors (Lipinski definition) is 0. The van der Waals surface area contributed by atoms with Crippen molar-refractivity contribution in [1.29, 1.82) is 0 Å². The van der Waals surface area contributed by atoms with E-state index < -0.39 is 0 Å². The van der Waals surface area contributed by atoms with Gasteiger partial charge >= 0.3 is 0 Å². The van der Waals surface area contributed by atoms with Crippen LogP contribution in [0.3, 0.4) is 0 Å². The Hall–Kier alpha value is -2.86. The predicted octanol–water partition coefficient (Wildman–Crippen LogP) is 6.60. The quantitative estimate of drug-likeness (QED) is 0.294. The maximum atomic E-state index is 3.94. The largest absolute Gasteiger partial charge is 0.103 e. The Balaban J connectivity index is 2.07. The van der Waals surface area contributed by atoms with Crippen LogP contribution >= 0.6 is 0 Å². The lowest BCUT2D eigenvalue weighted by molar-refractivity contribution is 1.18. The van der Waals surface area contributed by atoms with Gasteiger partial charge in [-0.2, -0.15) is 0 Å². The highest BCUT2D eigenvalue weighted by atomic mass is 14.1. The van der Waals surface area contributed by atoms with Gasteiger partial charge in [-0.15, -0.1) is 13.2 Å². The molecule has 0 heteroatoms. The topological polar surface area (TPSA) is 0 Å². The van der Waals surface area contributed by atoms with Crippen LogP contribution in [-0.2, 0) is 12.8 Å². The molecule has 0 fully saturated rings. The maximum absolute atomic E-state index is 3.94. The first-order valence-electron chi connectivity index (χ1n) is 8.39. The molecule has 116 valence electrons. The van der Waals surface area contributed by atoms with Crippen LogP contribution in [0.4, 0.5) is 0 Å². The maximum Gasteiger partial charge on any atom is -0.00911 e. The highest BCUT2D eigenvalue weighted by Gasteiger charge is 2.08. The first kappa shape index (κ1) is 14.7. The van der Waals surface area contributed by atoms with Crippen molar-refractivity contribution in [2.24, 2.45) is 0 Å². The fraction of sp³-hybridized carbons (Fsp3) is 0.0833. The van der Waals surface area contributed by atoms with E-state index in [1.807, 2.05) is 12.2 Å². The molecule has 24 heavy (non-hydrogen) atoms. The fourth-order valence-corrected chi connectivity index (χ4v) is 3.60. The zero-order valence-electron chi connectivity index (χ0n) is 13.8. The summed E-state index contributed by atoms with van der Waals surface area (Å²) in [5.41, 5.74) is 2.72. The summed E-state index contributed by atoms with van der Waals surface area (Å²) in [4.78, 5) is 0. The monoisotopic (exact) mass is 308 g/mol. The second-order valence-electron chi connectivity index (χ2n) is 6.31. The van der Waals surface area contributed by atoms with Gasteiger partial charge in [-0.1, -0.05) is 48.6 Å². The van der Waals surface area contributed by atoms with Gasteiger partial charge in [0.1, 0.15) is 0 Å². The SMILES string of the molecule is C=CCc1ccc2cc3cc4ccccc4cc3cc2c1CC=C. The molecular formula is C24H20. The molecule has 0 unspecified atom stereocenters. The molecule has 0 N–H and O–H groups in total. The Morgan fingerprint density at radius 2 is 1.25 bits per heavy atom. The third kappa shape index (κ3) is 2.41. The summed E-state index contributed by atoms with van der Waals surface area (Å²) in [6.45, 7) is 7.84. The Bertz CT molecular complexity index is 1080. The third-order valence-electron chi connectivity index (χ3n) is 4.76. The van der Waals surface area contributed by atoms with Crippen molar-refractivity contribution < 1.29 is 0 Å². The van der Waals surface area contributed by atoms with Crippen LogP contribution in [0.1, 0.15) is 11.1 Å². The van der Waals surface area contributed by atoms with Crippen molar-refractivity contribution >= 4 is 32.3 Å². The summed E-state index contributed by atoms with van der Waals surface area (Å²) in [5, 5.41) is 7.79. The van der Waals surface area contributed by atoms with Crippen molar-refractivity contribution in [1.82, 2.24) is 0 Å². The van der Waals surface area contributed by atoms with Crippen LogP contribution in [0.25, 0.3) is 32.3 Å². The summed E-state index contributed by atoms with van der Waals surface area (Å²) in [6, 6.07) is 22.2. The Morgan fingerprint density at radius 1 is 0.625 bits per heavy atom. The zero-order chi connectivity index (χ0) is 16.5. The van der Waals surface area contributed by atoms with E-state index in [0.29, 0.717) is 0 Å². The second kappa shape index (κ2) is 5.98. The van der Waals surface area contributed by atoms with Gasteiger partial charge in [0, 0.05) is 0 Å². The lowest BCUT2D eigenvalue weighted by atomic mass is 9.92. The average molecular weight is 308 g/mol. The molecule has 0 heterocycles. The molecule has 0 aromatic heterocycles. The molecule has 0 aliphatic heterocycles. The molecule has 4 rings (SSSR count). The summed E-state index contributed by atoms with van der Waals surface area (Å²) in [6.07, 6.45) is 5.75. The van der Waals surface area contributed by atoms with Gasteiger partial charge in [-0.05, 0) is 80.6 Å². The third-order valence-corrected chi connectivity index (χ3v) is 4.76. The van der Waals surface area contributed by atoms with Crippen LogP contribution in [-0.4, -0.2) is 0 Å². The van der Waals surface area contributed by atoms with Crippen molar-refractivity contribution in [3.05, 3.63) is 97.1 Å². The van der Waals surface area contributed by atoms with E-state index >= 15 is 0 Å². The summed E-state index contributed by atoms with van der Waals surface area (Å²) < 4.78 is 0. The molecule has 0 bridgehead atoms. The highest BCUT2D eigenvalue weighted by molar-refractivity contribution is 6.05. The lowest BCUT2D eigenvalue weighted by Crippen LogP contribution is -1.94. The normalized spacial score (nSPS) is 11.2. The summed E-state index contributed by atoms with van der Waals surface area (Å²) >= 11 is 0. The fourth-order valence-electron chi connectivity index (χ4n) is 3.60. The van der Waals surface area contributed by atoms with Crippen LogP contribution < -0.4 is 0 Å². The van der Waals surface area contributed by atoms with Gasteiger partial charge in [0.05, 0.1) is 0 Å². The van der Waals surface area contributed by atoms with Crippen molar-refractivity contribution in [2.75, 3.05) is 0 Å². The minimum atomic E-state index is 0.888. The van der Waals surface area contributed by atoms with Crippen LogP contribution in [0, 0.1) is 0 Å². The van der Waals surface area contributed by atoms with E-state index in [0.717, 1.165) is 12.8 Å². The van der Waals surface area contributed by atoms with Crippen molar-refractivity contribution in [3.63, 3.8) is 0 Å². The highest BCUT2D eigenvalue weighted by Crippen LogP contribution is 2.31. The first-order valence-corrected chi connectivity index (χ1v) is 8.39. The lowest BCUT2D eigenvalue weighted by Gasteiger charge is -2.12. The Kier molecular flexibility index (Phi) is 3.66. The molecule has 0 saturated heterocycles. The first-order chi connectivity index (χ1) is 11.8. The predicted molar refractivity (Wildman–Crippen MR) is 107 cm³/mol. The van der Waals surface area contributed by atoms with Gasteiger partial charge in [-0.3, -0.25) is 0 Å². The van der Waals surface area contributed by atoms with Crippen LogP contribution in [0.2, 0.25) is 0 Å². The molecule has 0 nitrogen and oxygen atoms in total. The molecule has 0 atom stereocenters. The number of allylic oxidation sites excluding steroid dienone is 2. The number of fused-ring (bicyclic) bond motifs is 3. The molecule has 4 aromatic carbocycles. The molecule has 0 saturated carbocycles. The van der Waals surface area contributed by atoms with E-state index in [-0.39, 0.29) is 0 Å². The zero-order valence-corrected chi connectivity index (χ0v) is 13.8. The Labute approximate surface area is 142 Å². The summed E-state index contributed by atoms with van der Waals surface area (Å²) in [7, 11) is 0.